The molecule has 0 heterocycles. The maximum atomic E-state index is 6.05. The molecule has 4 heteroatoms. The predicted octanol–water partition coefficient (Wildman–Crippen LogP) is 1.59. The van der Waals surface area contributed by atoms with E-state index in [2.05, 4.69) is 11.9 Å². The van der Waals surface area contributed by atoms with E-state index >= 15 is 0 Å². The summed E-state index contributed by atoms with van der Waals surface area (Å²) >= 11 is 0. The van der Waals surface area contributed by atoms with Crippen molar-refractivity contribution in [2.75, 3.05) is 27.4 Å². The second-order valence-electron chi connectivity index (χ2n) is 4.64. The first-order chi connectivity index (χ1) is 7.64. The van der Waals surface area contributed by atoms with Crippen LogP contribution in [-0.4, -0.2) is 38.8 Å². The number of nitrogens with zero attached hydrogens (tertiary/aromatic N) is 1. The quantitative estimate of drug-likeness (QED) is 0.441. The van der Waals surface area contributed by atoms with Crippen LogP contribution in [0.5, 0.6) is 0 Å². The highest BCUT2D eigenvalue weighted by Crippen LogP contribution is 2.34. The zero-order chi connectivity index (χ0) is 12.0. The van der Waals surface area contributed by atoms with Crippen LogP contribution in [0, 0.1) is 5.92 Å². The number of nitrogens with two attached hydrogens (primary N) is 1. The van der Waals surface area contributed by atoms with E-state index in [1.807, 2.05) is 0 Å². The highest BCUT2D eigenvalue weighted by atomic mass is 16.5. The van der Waals surface area contributed by atoms with Gasteiger partial charge in [0.2, 0.25) is 0 Å². The first-order valence-corrected chi connectivity index (χ1v) is 5.99. The highest BCUT2D eigenvalue weighted by Gasteiger charge is 2.37. The first kappa shape index (κ1) is 13.5. The molecule has 0 aromatic heterocycles. The maximum absolute atomic E-state index is 6.05. The van der Waals surface area contributed by atoms with Crippen LogP contribution in [0.2, 0.25) is 0 Å². The van der Waals surface area contributed by atoms with Crippen molar-refractivity contribution >= 4 is 5.84 Å². The summed E-state index contributed by atoms with van der Waals surface area (Å²) in [7, 11) is 3.40. The SMILES string of the molecule is COCCN=C(N)C1(OC)CCC(C)CC1. The molecule has 0 bridgehead atoms. The van der Waals surface area contributed by atoms with E-state index in [1.165, 1.54) is 0 Å². The minimum atomic E-state index is -0.319. The fourth-order valence-corrected chi connectivity index (χ4v) is 2.19. The Morgan fingerprint density at radius 1 is 1.38 bits per heavy atom. The number of aliphatic imine (C=N–C) groups is 1. The van der Waals surface area contributed by atoms with Crippen molar-refractivity contribution in [1.82, 2.24) is 0 Å². The van der Waals surface area contributed by atoms with Crippen molar-refractivity contribution in [3.8, 4) is 0 Å². The monoisotopic (exact) mass is 228 g/mol. The van der Waals surface area contributed by atoms with Gasteiger partial charge in [-0.1, -0.05) is 6.92 Å². The standard InChI is InChI=1S/C12H24N2O2/c1-10-4-6-12(16-3,7-5-10)11(13)14-8-9-15-2/h10H,4-9H2,1-3H3,(H2,13,14). The number of hydrogen-bond donors (Lipinski definition) is 1. The number of ether oxygens (including phenoxy) is 2. The summed E-state index contributed by atoms with van der Waals surface area (Å²) in [5, 5.41) is 0. The molecule has 1 saturated carbocycles. The Bertz CT molecular complexity index is 233. The molecule has 0 saturated heterocycles. The molecule has 2 N–H and O–H groups in total. The molecule has 16 heavy (non-hydrogen) atoms. The lowest BCUT2D eigenvalue weighted by Gasteiger charge is -2.37. The van der Waals surface area contributed by atoms with Crippen molar-refractivity contribution in [2.45, 2.75) is 38.2 Å². The van der Waals surface area contributed by atoms with E-state index in [9.17, 15) is 0 Å². The van der Waals surface area contributed by atoms with Gasteiger partial charge >= 0.3 is 0 Å². The largest absolute Gasteiger partial charge is 0.385 e. The lowest BCUT2D eigenvalue weighted by atomic mass is 9.78. The minimum Gasteiger partial charge on any atom is -0.385 e. The van der Waals surface area contributed by atoms with Crippen molar-refractivity contribution in [1.29, 1.82) is 0 Å². The molecular formula is C12H24N2O2. The summed E-state index contributed by atoms with van der Waals surface area (Å²) in [6.45, 7) is 3.50. The molecule has 0 radical (unpaired) electrons. The van der Waals surface area contributed by atoms with E-state index in [0.717, 1.165) is 31.6 Å². The van der Waals surface area contributed by atoms with Gasteiger partial charge in [0.05, 0.1) is 13.2 Å². The van der Waals surface area contributed by atoms with Gasteiger partial charge in [0.15, 0.2) is 0 Å². The molecule has 0 spiro atoms. The third-order valence-electron chi connectivity index (χ3n) is 3.52. The van der Waals surface area contributed by atoms with E-state index in [1.54, 1.807) is 14.2 Å². The smallest absolute Gasteiger partial charge is 0.126 e. The third-order valence-corrected chi connectivity index (χ3v) is 3.52. The van der Waals surface area contributed by atoms with Crippen molar-refractivity contribution in [3.05, 3.63) is 0 Å². The molecule has 4 nitrogen and oxygen atoms in total. The van der Waals surface area contributed by atoms with Crippen LogP contribution in [0.3, 0.4) is 0 Å². The summed E-state index contributed by atoms with van der Waals surface area (Å²) in [5.74, 6) is 1.41. The molecule has 0 aliphatic heterocycles. The summed E-state index contributed by atoms with van der Waals surface area (Å²) < 4.78 is 10.6. The Hall–Kier alpha value is -0.610. The highest BCUT2D eigenvalue weighted by molar-refractivity contribution is 5.89. The van der Waals surface area contributed by atoms with Gasteiger partial charge in [0, 0.05) is 14.2 Å². The van der Waals surface area contributed by atoms with Gasteiger partial charge in [0.1, 0.15) is 11.4 Å². The fraction of sp³-hybridized carbons (Fsp3) is 0.917. The Labute approximate surface area is 98.2 Å². The molecule has 0 amide bonds. The van der Waals surface area contributed by atoms with Crippen LogP contribution >= 0.6 is 0 Å². The van der Waals surface area contributed by atoms with Crippen LogP contribution < -0.4 is 5.73 Å². The summed E-state index contributed by atoms with van der Waals surface area (Å²) in [4.78, 5) is 4.35. The second kappa shape index (κ2) is 6.21. The normalized spacial score (nSPS) is 31.7. The average molecular weight is 228 g/mol. The molecule has 94 valence electrons. The number of methoxy groups -OCH3 is 2. The number of hydrogen-bond acceptors (Lipinski definition) is 3. The van der Waals surface area contributed by atoms with Gasteiger partial charge in [-0.15, -0.1) is 0 Å². The van der Waals surface area contributed by atoms with Crippen LogP contribution in [0.15, 0.2) is 4.99 Å². The molecule has 0 aromatic rings. The zero-order valence-electron chi connectivity index (χ0n) is 10.7. The number of rotatable bonds is 5. The topological polar surface area (TPSA) is 56.8 Å². The van der Waals surface area contributed by atoms with E-state index < -0.39 is 0 Å². The van der Waals surface area contributed by atoms with E-state index in [0.29, 0.717) is 19.0 Å². The Balaban J connectivity index is 2.61. The first-order valence-electron chi connectivity index (χ1n) is 5.99. The van der Waals surface area contributed by atoms with Crippen LogP contribution in [0.4, 0.5) is 0 Å². The molecule has 1 aliphatic carbocycles. The Kier molecular flexibility index (Phi) is 5.22. The minimum absolute atomic E-state index is 0.319. The molecule has 0 atom stereocenters. The van der Waals surface area contributed by atoms with Gasteiger partial charge in [-0.25, -0.2) is 0 Å². The molecule has 1 aliphatic rings. The second-order valence-corrected chi connectivity index (χ2v) is 4.64. The molecule has 0 aromatic carbocycles. The van der Waals surface area contributed by atoms with Gasteiger partial charge < -0.3 is 15.2 Å². The van der Waals surface area contributed by atoms with E-state index in [-0.39, 0.29) is 5.60 Å². The van der Waals surface area contributed by atoms with Crippen LogP contribution in [-0.2, 0) is 9.47 Å². The van der Waals surface area contributed by atoms with Crippen molar-refractivity contribution < 1.29 is 9.47 Å². The Morgan fingerprint density at radius 3 is 2.50 bits per heavy atom. The lowest BCUT2D eigenvalue weighted by Crippen LogP contribution is -2.48. The predicted molar refractivity (Wildman–Crippen MR) is 65.7 cm³/mol. The van der Waals surface area contributed by atoms with E-state index in [4.69, 9.17) is 15.2 Å². The summed E-state index contributed by atoms with van der Waals surface area (Å²) in [6.07, 6.45) is 4.28. The molecular weight excluding hydrogens is 204 g/mol. The maximum Gasteiger partial charge on any atom is 0.126 e. The van der Waals surface area contributed by atoms with Gasteiger partial charge in [-0.2, -0.15) is 0 Å². The summed E-state index contributed by atoms with van der Waals surface area (Å²) in [6, 6.07) is 0. The van der Waals surface area contributed by atoms with Crippen LogP contribution in [0.1, 0.15) is 32.6 Å². The van der Waals surface area contributed by atoms with Gasteiger partial charge in [-0.05, 0) is 31.6 Å². The van der Waals surface area contributed by atoms with Crippen molar-refractivity contribution in [3.63, 3.8) is 0 Å². The Morgan fingerprint density at radius 2 is 2.00 bits per heavy atom. The fourth-order valence-electron chi connectivity index (χ4n) is 2.19. The molecule has 1 fully saturated rings. The zero-order valence-corrected chi connectivity index (χ0v) is 10.7. The summed E-state index contributed by atoms with van der Waals surface area (Å²) in [5.41, 5.74) is 5.73. The van der Waals surface area contributed by atoms with Crippen molar-refractivity contribution in [2.24, 2.45) is 16.6 Å². The number of amidine groups is 1. The van der Waals surface area contributed by atoms with Crippen LogP contribution in [0.25, 0.3) is 0 Å². The average Bonchev–Trinajstić information content (AvgIpc) is 2.31. The third kappa shape index (κ3) is 3.19. The lowest BCUT2D eigenvalue weighted by molar-refractivity contribution is 0.00786. The van der Waals surface area contributed by atoms with Gasteiger partial charge in [0.25, 0.3) is 0 Å². The molecule has 1 rings (SSSR count). The molecule has 0 unspecified atom stereocenters. The van der Waals surface area contributed by atoms with Gasteiger partial charge in [-0.3, -0.25) is 4.99 Å².